The van der Waals surface area contributed by atoms with Crippen LogP contribution in [0.4, 0.5) is 8.78 Å². The molecule has 3 aromatic rings. The van der Waals surface area contributed by atoms with Crippen LogP contribution in [0.1, 0.15) is 53.3 Å². The number of alkyl halides is 1. The topological polar surface area (TPSA) is 88.6 Å². The number of aromatic nitrogens is 1. The van der Waals surface area contributed by atoms with Gasteiger partial charge in [0.25, 0.3) is 5.91 Å². The van der Waals surface area contributed by atoms with Crippen LogP contribution in [0.5, 0.6) is 0 Å². The Kier molecular flexibility index (Phi) is 11.9. The average molecular weight is 586 g/mol. The Bertz CT molecular complexity index is 1280. The number of esters is 1. The van der Waals surface area contributed by atoms with Crippen molar-refractivity contribution in [2.75, 3.05) is 14.2 Å². The molecule has 2 amide bonds. The SMILES string of the molecule is COC(=O)[C@@H](F)C[C@H](Cc1ccccc1)NC(=O)c1csc(CCC(C(C)C)N(C)C(=O)Cc2ccc(F)cc2)n1. The number of nitrogens with zero attached hydrogens (tertiary/aromatic N) is 2. The molecule has 0 aliphatic carbocycles. The molecule has 0 bridgehead atoms. The number of carbonyl (C=O) groups is 3. The smallest absolute Gasteiger partial charge is 0.340 e. The second-order valence-electron chi connectivity index (χ2n) is 10.4. The van der Waals surface area contributed by atoms with Crippen LogP contribution >= 0.6 is 11.3 Å². The Hall–Kier alpha value is -3.66. The fraction of sp³-hybridized carbons (Fsp3) is 0.419. The number of amides is 2. The monoisotopic (exact) mass is 585 g/mol. The fourth-order valence-corrected chi connectivity index (χ4v) is 5.48. The number of methoxy groups -OCH3 is 1. The lowest BCUT2D eigenvalue weighted by atomic mass is 9.97. The van der Waals surface area contributed by atoms with Gasteiger partial charge in [-0.1, -0.05) is 56.3 Å². The summed E-state index contributed by atoms with van der Waals surface area (Å²) in [5, 5.41) is 5.23. The van der Waals surface area contributed by atoms with E-state index in [1.807, 2.05) is 44.2 Å². The molecule has 7 nitrogen and oxygen atoms in total. The van der Waals surface area contributed by atoms with E-state index in [0.717, 1.165) is 23.2 Å². The number of halogens is 2. The molecular formula is C31H37F2N3O4S. The summed E-state index contributed by atoms with van der Waals surface area (Å²) in [7, 11) is 2.90. The van der Waals surface area contributed by atoms with Gasteiger partial charge in [-0.25, -0.2) is 18.6 Å². The van der Waals surface area contributed by atoms with Crippen molar-refractivity contribution in [3.63, 3.8) is 0 Å². The van der Waals surface area contributed by atoms with Crippen molar-refractivity contribution in [1.82, 2.24) is 15.2 Å². The van der Waals surface area contributed by atoms with Gasteiger partial charge in [0.2, 0.25) is 5.91 Å². The van der Waals surface area contributed by atoms with Crippen LogP contribution in [-0.2, 0) is 33.6 Å². The van der Waals surface area contributed by atoms with E-state index in [9.17, 15) is 23.2 Å². The molecule has 10 heteroatoms. The maximum absolute atomic E-state index is 14.4. The molecule has 1 aromatic heterocycles. The molecule has 0 aliphatic heterocycles. The first-order valence-corrected chi connectivity index (χ1v) is 14.5. The van der Waals surface area contributed by atoms with Gasteiger partial charge in [0, 0.05) is 37.4 Å². The van der Waals surface area contributed by atoms with Crippen LogP contribution in [0, 0.1) is 11.7 Å². The van der Waals surface area contributed by atoms with Gasteiger partial charge in [-0.2, -0.15) is 0 Å². The fourth-order valence-electron chi connectivity index (χ4n) is 4.69. The summed E-state index contributed by atoms with van der Waals surface area (Å²) in [6.45, 7) is 4.10. The Morgan fingerprint density at radius 3 is 2.37 bits per heavy atom. The molecule has 1 N–H and O–H groups in total. The third-order valence-corrected chi connectivity index (χ3v) is 7.88. The van der Waals surface area contributed by atoms with Crippen molar-refractivity contribution < 1.29 is 27.9 Å². The average Bonchev–Trinajstić information content (AvgIpc) is 3.43. The minimum absolute atomic E-state index is 0.0563. The van der Waals surface area contributed by atoms with E-state index in [1.165, 1.54) is 23.5 Å². The van der Waals surface area contributed by atoms with Crippen molar-refractivity contribution in [2.24, 2.45) is 5.92 Å². The van der Waals surface area contributed by atoms with E-state index in [0.29, 0.717) is 19.3 Å². The quantitative estimate of drug-likeness (QED) is 0.263. The van der Waals surface area contributed by atoms with Crippen molar-refractivity contribution in [3.8, 4) is 0 Å². The Balaban J connectivity index is 1.61. The largest absolute Gasteiger partial charge is 0.467 e. The van der Waals surface area contributed by atoms with Crippen molar-refractivity contribution in [1.29, 1.82) is 0 Å². The number of rotatable bonds is 14. The predicted molar refractivity (Wildman–Crippen MR) is 155 cm³/mol. The third-order valence-electron chi connectivity index (χ3n) is 6.98. The normalized spacial score (nSPS) is 13.3. The Labute approximate surface area is 243 Å². The van der Waals surface area contributed by atoms with Crippen LogP contribution in [0.15, 0.2) is 60.0 Å². The molecule has 1 heterocycles. The second-order valence-corrected chi connectivity index (χ2v) is 11.3. The van der Waals surface area contributed by atoms with Crippen LogP contribution < -0.4 is 5.32 Å². The predicted octanol–water partition coefficient (Wildman–Crippen LogP) is 5.18. The molecule has 3 rings (SSSR count). The zero-order valence-electron chi connectivity index (χ0n) is 23.8. The summed E-state index contributed by atoms with van der Waals surface area (Å²) in [5.74, 6) is -1.64. The van der Waals surface area contributed by atoms with Gasteiger partial charge in [0.05, 0.1) is 18.5 Å². The summed E-state index contributed by atoms with van der Waals surface area (Å²) in [4.78, 5) is 43.9. The minimum Gasteiger partial charge on any atom is -0.467 e. The van der Waals surface area contributed by atoms with E-state index in [2.05, 4.69) is 15.0 Å². The summed E-state index contributed by atoms with van der Waals surface area (Å²) in [6.07, 6.45) is -0.347. The van der Waals surface area contributed by atoms with Gasteiger partial charge in [-0.15, -0.1) is 11.3 Å². The van der Waals surface area contributed by atoms with Gasteiger partial charge in [0.15, 0.2) is 6.17 Å². The molecule has 0 radical (unpaired) electrons. The van der Waals surface area contributed by atoms with Crippen LogP contribution in [0.25, 0.3) is 0 Å². The number of hydrogen-bond donors (Lipinski definition) is 1. The minimum atomic E-state index is -1.87. The van der Waals surface area contributed by atoms with Crippen molar-refractivity contribution >= 4 is 29.1 Å². The van der Waals surface area contributed by atoms with Gasteiger partial charge < -0.3 is 15.0 Å². The standard InChI is InChI=1S/C31H37F2N3O4S/c1-20(2)27(36(3)29(37)17-22-10-12-23(32)13-11-22)14-15-28-35-26(19-41-28)30(38)34-24(18-25(33)31(39)40-4)16-21-8-6-5-7-9-21/h5-13,19-20,24-25,27H,14-18H2,1-4H3,(H,34,38)/t24-,25-,27?/m0/s1. The molecule has 0 saturated heterocycles. The molecule has 3 atom stereocenters. The number of likely N-dealkylation sites (N-methyl/N-ethyl adjacent to an activating group) is 1. The zero-order valence-corrected chi connectivity index (χ0v) is 24.6. The first kappa shape index (κ1) is 31.9. The highest BCUT2D eigenvalue weighted by Gasteiger charge is 2.27. The molecule has 0 spiro atoms. The van der Waals surface area contributed by atoms with Gasteiger partial charge in [-0.3, -0.25) is 9.59 Å². The lowest BCUT2D eigenvalue weighted by Crippen LogP contribution is -2.41. The number of ether oxygens (including phenoxy) is 1. The van der Waals surface area contributed by atoms with E-state index in [4.69, 9.17) is 0 Å². The summed E-state index contributed by atoms with van der Waals surface area (Å²) in [6, 6.07) is 14.5. The maximum atomic E-state index is 14.4. The number of thiazole rings is 1. The second kappa shape index (κ2) is 15.4. The number of hydrogen-bond acceptors (Lipinski definition) is 6. The molecule has 41 heavy (non-hydrogen) atoms. The van der Waals surface area contributed by atoms with E-state index < -0.39 is 24.1 Å². The number of aryl methyl sites for hydroxylation is 1. The van der Waals surface area contributed by atoms with E-state index in [1.54, 1.807) is 29.5 Å². The van der Waals surface area contributed by atoms with E-state index in [-0.39, 0.29) is 42.2 Å². The van der Waals surface area contributed by atoms with Gasteiger partial charge in [-0.05, 0) is 42.0 Å². The summed E-state index contributed by atoms with van der Waals surface area (Å²) < 4.78 is 32.2. The lowest BCUT2D eigenvalue weighted by molar-refractivity contribution is -0.147. The highest BCUT2D eigenvalue weighted by Crippen LogP contribution is 2.20. The number of nitrogens with one attached hydrogen (secondary N) is 1. The molecule has 0 fully saturated rings. The number of carbonyl (C=O) groups excluding carboxylic acids is 3. The van der Waals surface area contributed by atoms with Crippen LogP contribution in [-0.4, -0.2) is 60.1 Å². The lowest BCUT2D eigenvalue weighted by Gasteiger charge is -2.31. The molecule has 0 saturated carbocycles. The Morgan fingerprint density at radius 2 is 1.73 bits per heavy atom. The molecular weight excluding hydrogens is 548 g/mol. The number of benzene rings is 2. The van der Waals surface area contributed by atoms with Crippen LogP contribution in [0.2, 0.25) is 0 Å². The van der Waals surface area contributed by atoms with E-state index >= 15 is 0 Å². The van der Waals surface area contributed by atoms with Gasteiger partial charge in [0.1, 0.15) is 11.5 Å². The molecule has 0 aliphatic rings. The first-order valence-electron chi connectivity index (χ1n) is 13.6. The zero-order chi connectivity index (χ0) is 29.9. The first-order chi connectivity index (χ1) is 19.6. The highest BCUT2D eigenvalue weighted by molar-refractivity contribution is 7.09. The van der Waals surface area contributed by atoms with Crippen molar-refractivity contribution in [2.45, 2.75) is 64.2 Å². The summed E-state index contributed by atoms with van der Waals surface area (Å²) in [5.41, 5.74) is 1.86. The molecule has 220 valence electrons. The van der Waals surface area contributed by atoms with Gasteiger partial charge >= 0.3 is 5.97 Å². The van der Waals surface area contributed by atoms with Crippen LogP contribution in [0.3, 0.4) is 0 Å². The maximum Gasteiger partial charge on any atom is 0.340 e. The molecule has 1 unspecified atom stereocenters. The highest BCUT2D eigenvalue weighted by atomic mass is 32.1. The Morgan fingerprint density at radius 1 is 1.05 bits per heavy atom. The molecule has 2 aromatic carbocycles. The van der Waals surface area contributed by atoms with Crippen molar-refractivity contribution in [3.05, 3.63) is 87.6 Å². The third kappa shape index (κ3) is 9.74. The summed E-state index contributed by atoms with van der Waals surface area (Å²) >= 11 is 1.35.